The molecule has 1 aromatic carbocycles. The second kappa shape index (κ2) is 8.15. The molecule has 0 aliphatic heterocycles. The Morgan fingerprint density at radius 3 is 2.44 bits per heavy atom. The zero-order valence-electron chi connectivity index (χ0n) is 14.3. The molecule has 25 heavy (non-hydrogen) atoms. The number of amides is 1. The lowest BCUT2D eigenvalue weighted by molar-refractivity contribution is -0.127. The number of hydrogen-bond acceptors (Lipinski definition) is 5. The van der Waals surface area contributed by atoms with Crippen LogP contribution in [0.3, 0.4) is 0 Å². The van der Waals surface area contributed by atoms with E-state index in [1.165, 1.54) is 35.8 Å². The molecular formula is C17H20FN3O3S. The minimum absolute atomic E-state index is 0.0812. The predicted molar refractivity (Wildman–Crippen MR) is 94.8 cm³/mol. The molecule has 0 saturated heterocycles. The van der Waals surface area contributed by atoms with Crippen molar-refractivity contribution < 1.29 is 14.3 Å². The molecule has 6 nitrogen and oxygen atoms in total. The summed E-state index contributed by atoms with van der Waals surface area (Å²) < 4.78 is 14.4. The third-order valence-electron chi connectivity index (χ3n) is 3.78. The Bertz CT molecular complexity index is 817. The van der Waals surface area contributed by atoms with Crippen molar-refractivity contribution in [3.8, 4) is 11.6 Å². The summed E-state index contributed by atoms with van der Waals surface area (Å²) in [4.78, 5) is 30.4. The van der Waals surface area contributed by atoms with Gasteiger partial charge in [-0.05, 0) is 45.0 Å². The Kier molecular flexibility index (Phi) is 6.19. The van der Waals surface area contributed by atoms with E-state index in [1.807, 2.05) is 13.8 Å². The third-order valence-corrected chi connectivity index (χ3v) is 4.70. The second-order valence-electron chi connectivity index (χ2n) is 5.31. The number of nitrogens with zero attached hydrogens (tertiary/aromatic N) is 3. The Labute approximate surface area is 149 Å². The average molecular weight is 365 g/mol. The standard InChI is InChI=1S/C17H20FN3O3S/c1-4-20(5-2)14(22)10-25-17-19-15(23)11(3)16(24)21(17)13-8-6-12(18)7-9-13/h6-9,23H,4-5,10H2,1-3H3. The molecule has 8 heteroatoms. The highest BCUT2D eigenvalue weighted by molar-refractivity contribution is 7.99. The number of aromatic hydroxyl groups is 1. The molecule has 0 aliphatic rings. The molecule has 1 heterocycles. The van der Waals surface area contributed by atoms with Crippen LogP contribution in [0.25, 0.3) is 5.69 Å². The summed E-state index contributed by atoms with van der Waals surface area (Å²) in [6.45, 7) is 6.41. The van der Waals surface area contributed by atoms with Crippen LogP contribution in [0.15, 0.2) is 34.2 Å². The van der Waals surface area contributed by atoms with Gasteiger partial charge in [-0.25, -0.2) is 4.39 Å². The highest BCUT2D eigenvalue weighted by Crippen LogP contribution is 2.22. The molecule has 1 aromatic heterocycles. The van der Waals surface area contributed by atoms with Crippen LogP contribution in [0.4, 0.5) is 4.39 Å². The molecule has 2 rings (SSSR count). The first kappa shape index (κ1) is 19.0. The zero-order valence-corrected chi connectivity index (χ0v) is 15.1. The van der Waals surface area contributed by atoms with Crippen LogP contribution in [-0.2, 0) is 4.79 Å². The van der Waals surface area contributed by atoms with Crippen molar-refractivity contribution in [2.75, 3.05) is 18.8 Å². The third kappa shape index (κ3) is 4.19. The summed E-state index contributed by atoms with van der Waals surface area (Å²) in [7, 11) is 0. The smallest absolute Gasteiger partial charge is 0.265 e. The number of benzene rings is 1. The van der Waals surface area contributed by atoms with Crippen molar-refractivity contribution in [3.05, 3.63) is 46.0 Å². The van der Waals surface area contributed by atoms with E-state index in [0.29, 0.717) is 18.8 Å². The molecule has 0 fully saturated rings. The Balaban J connectivity index is 2.42. The van der Waals surface area contributed by atoms with Gasteiger partial charge in [-0.2, -0.15) is 4.98 Å². The van der Waals surface area contributed by atoms with Gasteiger partial charge in [0.1, 0.15) is 5.82 Å². The number of rotatable bonds is 6. The van der Waals surface area contributed by atoms with Gasteiger partial charge in [0.2, 0.25) is 11.8 Å². The lowest BCUT2D eigenvalue weighted by Gasteiger charge is -2.19. The van der Waals surface area contributed by atoms with Crippen LogP contribution >= 0.6 is 11.8 Å². The van der Waals surface area contributed by atoms with Crippen LogP contribution in [0.2, 0.25) is 0 Å². The molecule has 0 spiro atoms. The van der Waals surface area contributed by atoms with E-state index in [1.54, 1.807) is 4.90 Å². The minimum Gasteiger partial charge on any atom is -0.493 e. The first-order valence-electron chi connectivity index (χ1n) is 7.88. The largest absolute Gasteiger partial charge is 0.493 e. The van der Waals surface area contributed by atoms with E-state index in [2.05, 4.69) is 4.98 Å². The maximum atomic E-state index is 13.2. The highest BCUT2D eigenvalue weighted by atomic mass is 32.2. The minimum atomic E-state index is -0.461. The van der Waals surface area contributed by atoms with Crippen molar-refractivity contribution in [2.24, 2.45) is 0 Å². The van der Waals surface area contributed by atoms with Gasteiger partial charge >= 0.3 is 0 Å². The highest BCUT2D eigenvalue weighted by Gasteiger charge is 2.18. The molecule has 0 bridgehead atoms. The number of hydrogen-bond donors (Lipinski definition) is 1. The first-order valence-corrected chi connectivity index (χ1v) is 8.86. The maximum Gasteiger partial charge on any atom is 0.265 e. The fraction of sp³-hybridized carbons (Fsp3) is 0.353. The maximum absolute atomic E-state index is 13.2. The predicted octanol–water partition coefficient (Wildman–Crippen LogP) is 2.35. The molecule has 2 aromatic rings. The molecule has 0 radical (unpaired) electrons. The lowest BCUT2D eigenvalue weighted by atomic mass is 10.3. The molecule has 1 N–H and O–H groups in total. The summed E-state index contributed by atoms with van der Waals surface area (Å²) in [6, 6.07) is 5.37. The van der Waals surface area contributed by atoms with Crippen molar-refractivity contribution in [1.29, 1.82) is 0 Å². The number of halogens is 1. The summed E-state index contributed by atoms with van der Waals surface area (Å²) in [5, 5.41) is 10.1. The normalized spacial score (nSPS) is 10.7. The van der Waals surface area contributed by atoms with Crippen molar-refractivity contribution >= 4 is 17.7 Å². The SMILES string of the molecule is CCN(CC)C(=O)CSc1nc(O)c(C)c(=O)n1-c1ccc(F)cc1. The summed E-state index contributed by atoms with van der Waals surface area (Å²) >= 11 is 1.06. The van der Waals surface area contributed by atoms with E-state index in [0.717, 1.165) is 11.8 Å². The van der Waals surface area contributed by atoms with E-state index in [4.69, 9.17) is 0 Å². The van der Waals surface area contributed by atoms with Crippen molar-refractivity contribution in [3.63, 3.8) is 0 Å². The number of aromatic nitrogens is 2. The molecule has 0 atom stereocenters. The summed E-state index contributed by atoms with van der Waals surface area (Å²) in [5.74, 6) is -0.806. The van der Waals surface area contributed by atoms with Gasteiger partial charge in [0, 0.05) is 13.1 Å². The molecule has 1 amide bonds. The van der Waals surface area contributed by atoms with Crippen LogP contribution < -0.4 is 5.56 Å². The van der Waals surface area contributed by atoms with Gasteiger partial charge in [0.05, 0.1) is 17.0 Å². The van der Waals surface area contributed by atoms with Crippen LogP contribution in [0.5, 0.6) is 5.88 Å². The Morgan fingerprint density at radius 1 is 1.28 bits per heavy atom. The Morgan fingerprint density at radius 2 is 1.88 bits per heavy atom. The molecule has 0 saturated carbocycles. The fourth-order valence-corrected chi connectivity index (χ4v) is 3.19. The van der Waals surface area contributed by atoms with Crippen LogP contribution in [-0.4, -0.2) is 44.3 Å². The van der Waals surface area contributed by atoms with Crippen molar-refractivity contribution in [1.82, 2.24) is 14.5 Å². The molecule has 0 unspecified atom stereocenters. The van der Waals surface area contributed by atoms with E-state index < -0.39 is 11.4 Å². The topological polar surface area (TPSA) is 75.4 Å². The number of carbonyl (C=O) groups excluding carboxylic acids is 1. The van der Waals surface area contributed by atoms with Crippen LogP contribution in [0.1, 0.15) is 19.4 Å². The Hall–Kier alpha value is -2.35. The van der Waals surface area contributed by atoms with Gasteiger partial charge in [0.15, 0.2) is 5.16 Å². The van der Waals surface area contributed by atoms with E-state index >= 15 is 0 Å². The molecular weight excluding hydrogens is 345 g/mol. The zero-order chi connectivity index (χ0) is 18.6. The quantitative estimate of drug-likeness (QED) is 0.628. The average Bonchev–Trinajstić information content (AvgIpc) is 2.60. The van der Waals surface area contributed by atoms with Crippen LogP contribution in [0, 0.1) is 12.7 Å². The van der Waals surface area contributed by atoms with Gasteiger partial charge < -0.3 is 10.0 Å². The van der Waals surface area contributed by atoms with Gasteiger partial charge in [0.25, 0.3) is 5.56 Å². The van der Waals surface area contributed by atoms with E-state index in [9.17, 15) is 19.1 Å². The first-order chi connectivity index (χ1) is 11.9. The number of thioether (sulfide) groups is 1. The molecule has 0 aliphatic carbocycles. The lowest BCUT2D eigenvalue weighted by Crippen LogP contribution is -2.32. The monoisotopic (exact) mass is 365 g/mol. The fourth-order valence-electron chi connectivity index (χ4n) is 2.28. The summed E-state index contributed by atoms with van der Waals surface area (Å²) in [5.41, 5.74) is 0.0421. The van der Waals surface area contributed by atoms with Crippen molar-refractivity contribution in [2.45, 2.75) is 25.9 Å². The van der Waals surface area contributed by atoms with Gasteiger partial charge in [-0.1, -0.05) is 11.8 Å². The summed E-state index contributed by atoms with van der Waals surface area (Å²) in [6.07, 6.45) is 0. The van der Waals surface area contributed by atoms with Gasteiger partial charge in [-0.3, -0.25) is 14.2 Å². The molecule has 134 valence electrons. The second-order valence-corrected chi connectivity index (χ2v) is 6.26. The number of carbonyl (C=O) groups is 1. The van der Waals surface area contributed by atoms with E-state index in [-0.39, 0.29) is 28.3 Å². The van der Waals surface area contributed by atoms with Gasteiger partial charge in [-0.15, -0.1) is 0 Å².